The van der Waals surface area contributed by atoms with Crippen LogP contribution in [-0.2, 0) is 30.4 Å². The van der Waals surface area contributed by atoms with Crippen molar-refractivity contribution in [2.75, 3.05) is 37.7 Å². The van der Waals surface area contributed by atoms with Gasteiger partial charge in [0, 0.05) is 47.0 Å². The van der Waals surface area contributed by atoms with E-state index in [0.29, 0.717) is 49.0 Å². The van der Waals surface area contributed by atoms with Gasteiger partial charge in [-0.05, 0) is 47.9 Å². The summed E-state index contributed by atoms with van der Waals surface area (Å²) in [5, 5.41) is 2.10. The van der Waals surface area contributed by atoms with Crippen molar-refractivity contribution in [3.8, 4) is 0 Å². The molecule has 2 aliphatic rings. The van der Waals surface area contributed by atoms with Crippen molar-refractivity contribution in [1.82, 2.24) is 14.5 Å². The van der Waals surface area contributed by atoms with Crippen LogP contribution in [0.2, 0.25) is 5.02 Å². The number of carbonyl (C=O) groups is 2. The number of rotatable bonds is 5. The van der Waals surface area contributed by atoms with E-state index in [1.165, 1.54) is 11.0 Å². The molecule has 2 aromatic carbocycles. The maximum absolute atomic E-state index is 13.0. The van der Waals surface area contributed by atoms with E-state index in [-0.39, 0.29) is 17.3 Å². The van der Waals surface area contributed by atoms with Crippen LogP contribution in [0.1, 0.15) is 12.8 Å². The van der Waals surface area contributed by atoms with Gasteiger partial charge in [-0.25, -0.2) is 8.42 Å². The lowest BCUT2D eigenvalue weighted by Crippen LogP contribution is -2.55. The number of nitrogens with zero attached hydrogens (tertiary/aromatic N) is 2. The molecule has 2 amide bonds. The zero-order chi connectivity index (χ0) is 22.9. The monoisotopic (exact) mass is 497 g/mol. The second kappa shape index (κ2) is 9.46. The number of likely N-dealkylation sites (tertiary alicyclic amines) is 1. The Morgan fingerprint density at radius 1 is 1.09 bits per heavy atom. The standard InChI is InChI=1S/C21H24ClN3O5S2/c22-17-5-3-16-13-18(6-4-15(16)12-17)32(29,30)23-19-2-1-7-25(21(19)27)14-20(26)24-8-10-31(28)11-9-24/h3-6,12-13,19,23H,1-2,7-11,14H2. The molecule has 1 atom stereocenters. The number of sulfonamides is 1. The van der Waals surface area contributed by atoms with Crippen molar-refractivity contribution >= 4 is 55.0 Å². The molecular formula is C21H24ClN3O5S2. The van der Waals surface area contributed by atoms with Gasteiger partial charge >= 0.3 is 0 Å². The van der Waals surface area contributed by atoms with Crippen molar-refractivity contribution in [3.05, 3.63) is 41.4 Å². The number of benzene rings is 2. The van der Waals surface area contributed by atoms with E-state index in [0.717, 1.165) is 10.8 Å². The molecule has 2 aromatic rings. The molecule has 2 fully saturated rings. The molecule has 8 nitrogen and oxygen atoms in total. The SMILES string of the molecule is O=C(CN1CCCC(NS(=O)(=O)c2ccc3cc(Cl)ccc3c2)C1=O)N1CCS(=O)CC1. The van der Waals surface area contributed by atoms with Gasteiger partial charge in [0.2, 0.25) is 21.8 Å². The zero-order valence-electron chi connectivity index (χ0n) is 17.3. The highest BCUT2D eigenvalue weighted by Gasteiger charge is 2.34. The molecule has 0 saturated carbocycles. The summed E-state index contributed by atoms with van der Waals surface area (Å²) in [7, 11) is -4.83. The number of carbonyl (C=O) groups excluding carboxylic acids is 2. The molecule has 2 heterocycles. The minimum absolute atomic E-state index is 0.0645. The lowest BCUT2D eigenvalue weighted by molar-refractivity contribution is -0.143. The van der Waals surface area contributed by atoms with Gasteiger partial charge in [0.05, 0.1) is 11.4 Å². The molecule has 11 heteroatoms. The van der Waals surface area contributed by atoms with Crippen molar-refractivity contribution in [2.45, 2.75) is 23.8 Å². The van der Waals surface area contributed by atoms with E-state index in [4.69, 9.17) is 11.6 Å². The third kappa shape index (κ3) is 5.14. The highest BCUT2D eigenvalue weighted by Crippen LogP contribution is 2.23. The fraction of sp³-hybridized carbons (Fsp3) is 0.429. The van der Waals surface area contributed by atoms with Crippen LogP contribution in [0.3, 0.4) is 0 Å². The van der Waals surface area contributed by atoms with Crippen LogP contribution < -0.4 is 4.72 Å². The first-order valence-corrected chi connectivity index (χ1v) is 13.7. The second-order valence-corrected chi connectivity index (χ2v) is 11.8. The van der Waals surface area contributed by atoms with Crippen LogP contribution in [0, 0.1) is 0 Å². The fourth-order valence-electron chi connectivity index (χ4n) is 3.97. The number of hydrogen-bond acceptors (Lipinski definition) is 5. The predicted octanol–water partition coefficient (Wildman–Crippen LogP) is 1.35. The summed E-state index contributed by atoms with van der Waals surface area (Å²) in [5.74, 6) is 0.285. The Morgan fingerprint density at radius 2 is 1.78 bits per heavy atom. The van der Waals surface area contributed by atoms with Gasteiger partial charge in [0.1, 0.15) is 6.04 Å². The average molecular weight is 498 g/mol. The number of halogens is 1. The molecule has 0 bridgehead atoms. The molecule has 1 unspecified atom stereocenters. The number of nitrogens with one attached hydrogen (secondary N) is 1. The van der Waals surface area contributed by atoms with E-state index in [2.05, 4.69) is 4.72 Å². The highest BCUT2D eigenvalue weighted by atomic mass is 35.5. The number of piperidine rings is 1. The summed E-state index contributed by atoms with van der Waals surface area (Å²) in [6.45, 7) is 1.13. The molecule has 1 N–H and O–H groups in total. The van der Waals surface area contributed by atoms with E-state index in [1.54, 1.807) is 35.2 Å². The summed E-state index contributed by atoms with van der Waals surface area (Å²) in [5.41, 5.74) is 0. The Balaban J connectivity index is 1.44. The van der Waals surface area contributed by atoms with Gasteiger partial charge in [0.25, 0.3) is 0 Å². The topological polar surface area (TPSA) is 104 Å². The van der Waals surface area contributed by atoms with E-state index < -0.39 is 32.8 Å². The Labute approximate surface area is 194 Å². The highest BCUT2D eigenvalue weighted by molar-refractivity contribution is 7.89. The summed E-state index contributed by atoms with van der Waals surface area (Å²) < 4.78 is 39.9. The summed E-state index contributed by atoms with van der Waals surface area (Å²) >= 11 is 5.99. The van der Waals surface area contributed by atoms with E-state index >= 15 is 0 Å². The molecule has 172 valence electrons. The fourth-order valence-corrected chi connectivity index (χ4v) is 6.47. The van der Waals surface area contributed by atoms with Crippen LogP contribution >= 0.6 is 11.6 Å². The smallest absolute Gasteiger partial charge is 0.242 e. The van der Waals surface area contributed by atoms with Crippen LogP contribution in [0.4, 0.5) is 0 Å². The van der Waals surface area contributed by atoms with E-state index in [9.17, 15) is 22.2 Å². The maximum Gasteiger partial charge on any atom is 0.242 e. The molecule has 0 aliphatic carbocycles. The molecule has 4 rings (SSSR count). The Morgan fingerprint density at radius 3 is 2.53 bits per heavy atom. The Kier molecular flexibility index (Phi) is 6.85. The molecule has 0 radical (unpaired) electrons. The Bertz CT molecular complexity index is 1180. The van der Waals surface area contributed by atoms with Crippen LogP contribution in [0.5, 0.6) is 0 Å². The third-order valence-electron chi connectivity index (χ3n) is 5.77. The van der Waals surface area contributed by atoms with Crippen LogP contribution in [-0.4, -0.2) is 78.0 Å². The number of amides is 2. The van der Waals surface area contributed by atoms with Crippen molar-refractivity contribution in [3.63, 3.8) is 0 Å². The van der Waals surface area contributed by atoms with Gasteiger partial charge in [-0.2, -0.15) is 4.72 Å². The summed E-state index contributed by atoms with van der Waals surface area (Å²) in [4.78, 5) is 28.6. The molecule has 0 aromatic heterocycles. The molecular weight excluding hydrogens is 474 g/mol. The first kappa shape index (κ1) is 23.2. The van der Waals surface area contributed by atoms with Crippen molar-refractivity contribution in [1.29, 1.82) is 0 Å². The maximum atomic E-state index is 13.0. The van der Waals surface area contributed by atoms with Gasteiger partial charge in [-0.3, -0.25) is 13.8 Å². The minimum Gasteiger partial charge on any atom is -0.339 e. The number of fused-ring (bicyclic) bond motifs is 1. The predicted molar refractivity (Wildman–Crippen MR) is 123 cm³/mol. The zero-order valence-corrected chi connectivity index (χ0v) is 19.7. The summed E-state index contributed by atoms with van der Waals surface area (Å²) in [6, 6.07) is 8.96. The average Bonchev–Trinajstić information content (AvgIpc) is 2.76. The summed E-state index contributed by atoms with van der Waals surface area (Å²) in [6.07, 6.45) is 0.959. The normalized spacial score (nSPS) is 20.7. The number of hydrogen-bond donors (Lipinski definition) is 1. The van der Waals surface area contributed by atoms with Crippen LogP contribution in [0.15, 0.2) is 41.3 Å². The third-order valence-corrected chi connectivity index (χ3v) is 8.75. The first-order valence-electron chi connectivity index (χ1n) is 10.4. The quantitative estimate of drug-likeness (QED) is 0.671. The van der Waals surface area contributed by atoms with Crippen LogP contribution in [0.25, 0.3) is 10.8 Å². The van der Waals surface area contributed by atoms with E-state index in [1.807, 2.05) is 0 Å². The van der Waals surface area contributed by atoms with Crippen molar-refractivity contribution in [2.24, 2.45) is 0 Å². The van der Waals surface area contributed by atoms with Crippen molar-refractivity contribution < 1.29 is 22.2 Å². The van der Waals surface area contributed by atoms with Gasteiger partial charge in [-0.15, -0.1) is 0 Å². The second-order valence-electron chi connectivity index (χ2n) is 7.96. The molecule has 0 spiro atoms. The first-order chi connectivity index (χ1) is 15.2. The molecule has 32 heavy (non-hydrogen) atoms. The lowest BCUT2D eigenvalue weighted by Gasteiger charge is -2.34. The van der Waals surface area contributed by atoms with Gasteiger partial charge in [-0.1, -0.05) is 23.7 Å². The van der Waals surface area contributed by atoms with Gasteiger partial charge < -0.3 is 9.80 Å². The molecule has 2 saturated heterocycles. The van der Waals surface area contributed by atoms with Gasteiger partial charge in [0.15, 0.2) is 0 Å². The minimum atomic E-state index is -3.93. The largest absolute Gasteiger partial charge is 0.339 e. The Hall–Kier alpha value is -2.01. The molecule has 2 aliphatic heterocycles. The lowest BCUT2D eigenvalue weighted by atomic mass is 10.1.